The highest BCUT2D eigenvalue weighted by molar-refractivity contribution is 6.13. The Morgan fingerprint density at radius 2 is 1.42 bits per heavy atom. The topological polar surface area (TPSA) is 15.6 Å². The maximum Gasteiger partial charge on any atom is 0.0555 e. The lowest BCUT2D eigenvalue weighted by Gasteiger charge is -2.36. The summed E-state index contributed by atoms with van der Waals surface area (Å²) in [5.41, 5.74) is 1.23. The number of hydrogen-bond donors (Lipinski definition) is 0. The monoisotopic (exact) mass is 316 g/mol. The maximum absolute atomic E-state index is 4.92. The van der Waals surface area contributed by atoms with Crippen molar-refractivity contribution in [2.75, 3.05) is 0 Å². The third-order valence-electron chi connectivity index (χ3n) is 5.28. The summed E-state index contributed by atoms with van der Waals surface area (Å²) in [6.45, 7) is 4.57. The fourth-order valence-corrected chi connectivity index (χ4v) is 3.95. The molecule has 4 rings (SSSR count). The molecule has 2 atom stereocenters. The van der Waals surface area contributed by atoms with Gasteiger partial charge in [-0.1, -0.05) is 48.5 Å². The van der Waals surface area contributed by atoms with Gasteiger partial charge in [0.25, 0.3) is 0 Å². The highest BCUT2D eigenvalue weighted by Crippen LogP contribution is 2.28. The molecule has 3 aromatic rings. The number of hydrogen-bond acceptors (Lipinski definition) is 2. The van der Waals surface area contributed by atoms with E-state index in [0.29, 0.717) is 12.1 Å². The van der Waals surface area contributed by atoms with Crippen LogP contribution in [0, 0.1) is 0 Å². The van der Waals surface area contributed by atoms with Crippen LogP contribution in [0.3, 0.4) is 0 Å². The van der Waals surface area contributed by atoms with Crippen molar-refractivity contribution in [3.8, 4) is 0 Å². The normalized spacial score (nSPS) is 21.8. The highest BCUT2D eigenvalue weighted by Gasteiger charge is 2.22. The minimum atomic E-state index is 0.520. The van der Waals surface area contributed by atoms with Gasteiger partial charge in [0.1, 0.15) is 0 Å². The predicted molar refractivity (Wildman–Crippen MR) is 104 cm³/mol. The predicted octanol–water partition coefficient (Wildman–Crippen LogP) is 5.59. The van der Waals surface area contributed by atoms with Crippen molar-refractivity contribution in [3.63, 3.8) is 0 Å². The third kappa shape index (κ3) is 2.66. The molecule has 0 N–H and O–H groups in total. The fourth-order valence-electron chi connectivity index (χ4n) is 3.95. The number of piperidine rings is 1. The Labute approximate surface area is 143 Å². The third-order valence-corrected chi connectivity index (χ3v) is 5.28. The van der Waals surface area contributed by atoms with Gasteiger partial charge in [0.05, 0.1) is 6.21 Å². The highest BCUT2D eigenvalue weighted by atomic mass is 15.5. The molecule has 1 saturated heterocycles. The first-order valence-electron chi connectivity index (χ1n) is 8.97. The molecule has 1 fully saturated rings. The van der Waals surface area contributed by atoms with Crippen LogP contribution in [0.4, 0.5) is 0 Å². The summed E-state index contributed by atoms with van der Waals surface area (Å²) in [5.74, 6) is 0. The molecule has 3 aromatic carbocycles. The number of rotatable bonds is 2. The Kier molecular flexibility index (Phi) is 3.97. The molecule has 1 aliphatic rings. The van der Waals surface area contributed by atoms with Crippen LogP contribution in [0.15, 0.2) is 59.7 Å². The lowest BCUT2D eigenvalue weighted by molar-refractivity contribution is 0.109. The molecule has 0 amide bonds. The van der Waals surface area contributed by atoms with Gasteiger partial charge in [0.2, 0.25) is 0 Å². The summed E-state index contributed by atoms with van der Waals surface area (Å²) >= 11 is 0. The molecule has 0 radical (unpaired) electrons. The van der Waals surface area contributed by atoms with Gasteiger partial charge in [0, 0.05) is 17.6 Å². The molecule has 0 aromatic heterocycles. The first-order valence-corrected chi connectivity index (χ1v) is 8.97. The van der Waals surface area contributed by atoms with Crippen LogP contribution in [-0.4, -0.2) is 23.3 Å². The van der Waals surface area contributed by atoms with Crippen molar-refractivity contribution < 1.29 is 0 Å². The van der Waals surface area contributed by atoms with E-state index >= 15 is 0 Å². The van der Waals surface area contributed by atoms with Crippen LogP contribution in [-0.2, 0) is 0 Å². The summed E-state index contributed by atoms with van der Waals surface area (Å²) < 4.78 is 0. The van der Waals surface area contributed by atoms with Crippen LogP contribution in [0.5, 0.6) is 0 Å². The number of hydrazone groups is 1. The van der Waals surface area contributed by atoms with Gasteiger partial charge < -0.3 is 0 Å². The van der Waals surface area contributed by atoms with E-state index in [1.807, 2.05) is 0 Å². The molecule has 0 aliphatic carbocycles. The molecule has 2 nitrogen and oxygen atoms in total. The zero-order valence-corrected chi connectivity index (χ0v) is 14.4. The van der Waals surface area contributed by atoms with E-state index in [1.165, 1.54) is 46.4 Å². The van der Waals surface area contributed by atoms with Crippen molar-refractivity contribution >= 4 is 27.8 Å². The average molecular weight is 316 g/mol. The Hall–Kier alpha value is -2.35. The zero-order valence-electron chi connectivity index (χ0n) is 14.4. The molecular formula is C22H24N2. The molecule has 1 aliphatic heterocycles. The Morgan fingerprint density at radius 3 is 2.00 bits per heavy atom. The Morgan fingerprint density at radius 1 is 0.875 bits per heavy atom. The van der Waals surface area contributed by atoms with Gasteiger partial charge in [0.15, 0.2) is 0 Å². The second-order valence-corrected chi connectivity index (χ2v) is 6.99. The summed E-state index contributed by atoms with van der Waals surface area (Å²) in [4.78, 5) is 0. The fraction of sp³-hybridized carbons (Fsp3) is 0.318. The standard InChI is InChI=1S/C22H24N2/c1-16-8-7-9-17(2)24(16)23-15-22-20-12-5-3-10-18(20)14-19-11-4-6-13-21(19)22/h3-6,10-17H,7-9H2,1-2H3. The summed E-state index contributed by atoms with van der Waals surface area (Å²) in [7, 11) is 0. The van der Waals surface area contributed by atoms with E-state index in [0.717, 1.165) is 0 Å². The smallest absolute Gasteiger partial charge is 0.0555 e. The minimum Gasteiger partial charge on any atom is -0.292 e. The Balaban J connectivity index is 1.86. The first kappa shape index (κ1) is 15.2. The van der Waals surface area contributed by atoms with Gasteiger partial charge in [-0.15, -0.1) is 0 Å². The summed E-state index contributed by atoms with van der Waals surface area (Å²) in [5, 5.41) is 12.3. The number of benzene rings is 3. The summed E-state index contributed by atoms with van der Waals surface area (Å²) in [6, 6.07) is 20.5. The number of fused-ring (bicyclic) bond motifs is 2. The second kappa shape index (κ2) is 6.27. The van der Waals surface area contributed by atoms with Crippen LogP contribution < -0.4 is 0 Å². The Bertz CT molecular complexity index is 833. The van der Waals surface area contributed by atoms with E-state index < -0.39 is 0 Å². The van der Waals surface area contributed by atoms with Crippen molar-refractivity contribution in [1.82, 2.24) is 5.01 Å². The van der Waals surface area contributed by atoms with E-state index in [9.17, 15) is 0 Å². The molecule has 0 saturated carbocycles. The minimum absolute atomic E-state index is 0.520. The molecule has 0 bridgehead atoms. The van der Waals surface area contributed by atoms with Crippen LogP contribution in [0.2, 0.25) is 0 Å². The largest absolute Gasteiger partial charge is 0.292 e. The molecular weight excluding hydrogens is 292 g/mol. The van der Waals surface area contributed by atoms with Gasteiger partial charge >= 0.3 is 0 Å². The summed E-state index contributed by atoms with van der Waals surface area (Å²) in [6.07, 6.45) is 5.87. The molecule has 2 heteroatoms. The van der Waals surface area contributed by atoms with Crippen molar-refractivity contribution in [3.05, 3.63) is 60.2 Å². The van der Waals surface area contributed by atoms with E-state index in [4.69, 9.17) is 5.10 Å². The average Bonchev–Trinajstić information content (AvgIpc) is 2.60. The molecule has 122 valence electrons. The van der Waals surface area contributed by atoms with Crippen molar-refractivity contribution in [2.24, 2.45) is 5.10 Å². The lowest BCUT2D eigenvalue weighted by atomic mass is 9.97. The van der Waals surface area contributed by atoms with Gasteiger partial charge in [-0.05, 0) is 60.7 Å². The van der Waals surface area contributed by atoms with Crippen molar-refractivity contribution in [1.29, 1.82) is 0 Å². The first-order chi connectivity index (χ1) is 11.7. The quantitative estimate of drug-likeness (QED) is 0.444. The molecule has 1 heterocycles. The van der Waals surface area contributed by atoms with E-state index in [-0.39, 0.29) is 0 Å². The van der Waals surface area contributed by atoms with Gasteiger partial charge in [-0.2, -0.15) is 5.10 Å². The van der Waals surface area contributed by atoms with Gasteiger partial charge in [-0.3, -0.25) is 5.01 Å². The zero-order chi connectivity index (χ0) is 16.5. The van der Waals surface area contributed by atoms with E-state index in [2.05, 4.69) is 79.7 Å². The number of nitrogens with zero attached hydrogens (tertiary/aromatic N) is 2. The lowest BCUT2D eigenvalue weighted by Crippen LogP contribution is -2.39. The molecule has 24 heavy (non-hydrogen) atoms. The van der Waals surface area contributed by atoms with Gasteiger partial charge in [-0.25, -0.2) is 0 Å². The second-order valence-electron chi connectivity index (χ2n) is 6.99. The van der Waals surface area contributed by atoms with Crippen molar-refractivity contribution in [2.45, 2.75) is 45.2 Å². The maximum atomic E-state index is 4.92. The van der Waals surface area contributed by atoms with Crippen LogP contribution in [0.25, 0.3) is 21.5 Å². The van der Waals surface area contributed by atoms with Crippen LogP contribution in [0.1, 0.15) is 38.7 Å². The SMILES string of the molecule is CC1CCCC(C)N1N=Cc1c2ccccc2cc2ccccc12. The molecule has 0 spiro atoms. The van der Waals surface area contributed by atoms with Crippen LogP contribution >= 0.6 is 0 Å². The molecule has 2 unspecified atom stereocenters. The van der Waals surface area contributed by atoms with E-state index in [1.54, 1.807) is 0 Å².